The minimum Gasteiger partial charge on any atom is -0.351 e. The predicted molar refractivity (Wildman–Crippen MR) is 82.0 cm³/mol. The number of aromatic nitrogens is 4. The number of fused-ring (bicyclic) bond motifs is 1. The monoisotopic (exact) mass is 279 g/mol. The zero-order valence-electron chi connectivity index (χ0n) is 11.7. The molecule has 5 nitrogen and oxygen atoms in total. The third kappa shape index (κ3) is 2.40. The van der Waals surface area contributed by atoms with Crippen molar-refractivity contribution in [2.75, 3.05) is 13.1 Å². The third-order valence-corrected chi connectivity index (χ3v) is 4.03. The molecule has 0 aromatic carbocycles. The number of hydrogen-bond acceptors (Lipinski definition) is 4. The highest BCUT2D eigenvalue weighted by Crippen LogP contribution is 2.25. The summed E-state index contributed by atoms with van der Waals surface area (Å²) in [6, 6.07) is 7.96. The second-order valence-corrected chi connectivity index (χ2v) is 5.45. The fraction of sp³-hybridized carbons (Fsp3) is 0.312. The third-order valence-electron chi connectivity index (χ3n) is 4.03. The van der Waals surface area contributed by atoms with E-state index in [1.165, 1.54) is 0 Å². The van der Waals surface area contributed by atoms with Gasteiger partial charge in [0.1, 0.15) is 5.82 Å². The van der Waals surface area contributed by atoms with Gasteiger partial charge in [-0.3, -0.25) is 4.98 Å². The van der Waals surface area contributed by atoms with Gasteiger partial charge >= 0.3 is 0 Å². The van der Waals surface area contributed by atoms with E-state index in [-0.39, 0.29) is 0 Å². The van der Waals surface area contributed by atoms with Crippen LogP contribution in [0.15, 0.2) is 36.7 Å². The van der Waals surface area contributed by atoms with Crippen molar-refractivity contribution in [3.63, 3.8) is 0 Å². The smallest absolute Gasteiger partial charge is 0.132 e. The molecule has 1 aliphatic rings. The Bertz CT molecular complexity index is 744. The van der Waals surface area contributed by atoms with E-state index in [1.807, 2.05) is 24.4 Å². The first-order valence-electron chi connectivity index (χ1n) is 7.38. The number of rotatable bonds is 2. The topological polar surface area (TPSA) is 66.5 Å². The fourth-order valence-electron chi connectivity index (χ4n) is 2.87. The maximum atomic E-state index is 4.75. The quantitative estimate of drug-likeness (QED) is 0.756. The largest absolute Gasteiger partial charge is 0.351 e. The number of aromatic amines is 1. The zero-order chi connectivity index (χ0) is 14.1. The normalized spacial score (nSPS) is 16.4. The van der Waals surface area contributed by atoms with Crippen LogP contribution in [0.5, 0.6) is 0 Å². The van der Waals surface area contributed by atoms with Gasteiger partial charge in [-0.15, -0.1) is 0 Å². The molecule has 0 atom stereocenters. The number of H-pyrrole nitrogens is 1. The van der Waals surface area contributed by atoms with E-state index < -0.39 is 0 Å². The summed E-state index contributed by atoms with van der Waals surface area (Å²) < 4.78 is 0. The molecule has 0 amide bonds. The SMILES string of the molecule is c1ccc(-c2cc3nc(C4CCNCC4)ncc3[nH]2)nc1. The minimum absolute atomic E-state index is 0.476. The van der Waals surface area contributed by atoms with E-state index in [0.29, 0.717) is 5.92 Å². The molecule has 4 rings (SSSR count). The van der Waals surface area contributed by atoms with Crippen molar-refractivity contribution in [2.45, 2.75) is 18.8 Å². The van der Waals surface area contributed by atoms with Crippen molar-refractivity contribution in [3.05, 3.63) is 42.5 Å². The Morgan fingerprint density at radius 3 is 2.81 bits per heavy atom. The molecule has 1 fully saturated rings. The molecular weight excluding hydrogens is 262 g/mol. The average Bonchev–Trinajstić information content (AvgIpc) is 2.99. The van der Waals surface area contributed by atoms with Crippen LogP contribution < -0.4 is 5.32 Å². The van der Waals surface area contributed by atoms with Crippen molar-refractivity contribution in [3.8, 4) is 11.4 Å². The van der Waals surface area contributed by atoms with Crippen LogP contribution >= 0.6 is 0 Å². The Hall–Kier alpha value is -2.27. The summed E-state index contributed by atoms with van der Waals surface area (Å²) in [5, 5.41) is 3.38. The Balaban J connectivity index is 1.71. The lowest BCUT2D eigenvalue weighted by Gasteiger charge is -2.20. The molecule has 0 bridgehead atoms. The van der Waals surface area contributed by atoms with Crippen molar-refractivity contribution in [2.24, 2.45) is 0 Å². The standard InChI is InChI=1S/C16H17N5/c1-2-6-18-12(3-1)13-9-14-15(20-13)10-19-16(21-14)11-4-7-17-8-5-11/h1-3,6,9-11,17,20H,4-5,7-8H2. The van der Waals surface area contributed by atoms with Gasteiger partial charge in [0.2, 0.25) is 0 Å². The Morgan fingerprint density at radius 1 is 1.10 bits per heavy atom. The van der Waals surface area contributed by atoms with E-state index in [0.717, 1.165) is 54.2 Å². The van der Waals surface area contributed by atoms with Crippen LogP contribution in [0.3, 0.4) is 0 Å². The molecule has 1 aliphatic heterocycles. The molecule has 3 aromatic heterocycles. The van der Waals surface area contributed by atoms with Crippen molar-refractivity contribution in [1.29, 1.82) is 0 Å². The lowest BCUT2D eigenvalue weighted by Crippen LogP contribution is -2.27. The van der Waals surface area contributed by atoms with Gasteiger partial charge in [0.25, 0.3) is 0 Å². The molecule has 0 radical (unpaired) electrons. The van der Waals surface area contributed by atoms with Crippen LogP contribution in [-0.4, -0.2) is 33.0 Å². The lowest BCUT2D eigenvalue weighted by molar-refractivity contribution is 0.446. The number of piperidine rings is 1. The molecule has 0 saturated carbocycles. The molecule has 5 heteroatoms. The molecular formula is C16H17N5. The van der Waals surface area contributed by atoms with E-state index >= 15 is 0 Å². The molecule has 0 unspecified atom stereocenters. The summed E-state index contributed by atoms with van der Waals surface area (Å²) in [6.07, 6.45) is 5.92. The minimum atomic E-state index is 0.476. The van der Waals surface area contributed by atoms with Crippen LogP contribution in [0.25, 0.3) is 22.4 Å². The second-order valence-electron chi connectivity index (χ2n) is 5.45. The number of pyridine rings is 1. The predicted octanol–water partition coefficient (Wildman–Crippen LogP) is 2.49. The highest BCUT2D eigenvalue weighted by molar-refractivity contribution is 5.81. The van der Waals surface area contributed by atoms with E-state index in [2.05, 4.69) is 26.3 Å². The van der Waals surface area contributed by atoms with Crippen LogP contribution in [0.4, 0.5) is 0 Å². The Kier molecular flexibility index (Phi) is 3.12. The van der Waals surface area contributed by atoms with Gasteiger partial charge in [0, 0.05) is 12.1 Å². The summed E-state index contributed by atoms with van der Waals surface area (Å²) in [6.45, 7) is 2.11. The maximum absolute atomic E-state index is 4.75. The number of hydrogen-bond donors (Lipinski definition) is 2. The van der Waals surface area contributed by atoms with Crippen LogP contribution in [0.2, 0.25) is 0 Å². The Labute approximate surface area is 122 Å². The molecule has 4 heterocycles. The van der Waals surface area contributed by atoms with Crippen molar-refractivity contribution < 1.29 is 0 Å². The van der Waals surface area contributed by atoms with Crippen molar-refractivity contribution >= 4 is 11.0 Å². The van der Waals surface area contributed by atoms with Gasteiger partial charge in [-0.05, 0) is 44.1 Å². The first-order valence-corrected chi connectivity index (χ1v) is 7.38. The summed E-state index contributed by atoms with van der Waals surface area (Å²) in [5.74, 6) is 1.44. The summed E-state index contributed by atoms with van der Waals surface area (Å²) in [7, 11) is 0. The first-order chi connectivity index (χ1) is 10.4. The Morgan fingerprint density at radius 2 is 2.00 bits per heavy atom. The average molecular weight is 279 g/mol. The lowest BCUT2D eigenvalue weighted by atomic mass is 9.97. The van der Waals surface area contributed by atoms with Gasteiger partial charge in [0.05, 0.1) is 28.6 Å². The number of nitrogens with one attached hydrogen (secondary N) is 2. The van der Waals surface area contributed by atoms with E-state index in [9.17, 15) is 0 Å². The molecule has 106 valence electrons. The number of nitrogens with zero attached hydrogens (tertiary/aromatic N) is 3. The molecule has 2 N–H and O–H groups in total. The summed E-state index contributed by atoms with van der Waals surface area (Å²) in [4.78, 5) is 17.0. The van der Waals surface area contributed by atoms with Gasteiger partial charge in [-0.1, -0.05) is 6.07 Å². The zero-order valence-corrected chi connectivity index (χ0v) is 11.7. The first kappa shape index (κ1) is 12.5. The molecule has 3 aromatic rings. The van der Waals surface area contributed by atoms with E-state index in [4.69, 9.17) is 4.98 Å². The van der Waals surface area contributed by atoms with Crippen molar-refractivity contribution in [1.82, 2.24) is 25.3 Å². The van der Waals surface area contributed by atoms with Crippen LogP contribution in [0.1, 0.15) is 24.6 Å². The maximum Gasteiger partial charge on any atom is 0.132 e. The highest BCUT2D eigenvalue weighted by Gasteiger charge is 2.18. The molecule has 1 saturated heterocycles. The van der Waals surface area contributed by atoms with Gasteiger partial charge in [-0.2, -0.15) is 0 Å². The van der Waals surface area contributed by atoms with Crippen LogP contribution in [0, 0.1) is 0 Å². The van der Waals surface area contributed by atoms with Gasteiger partial charge in [-0.25, -0.2) is 9.97 Å². The van der Waals surface area contributed by atoms with Gasteiger partial charge < -0.3 is 10.3 Å². The second kappa shape index (κ2) is 5.26. The molecule has 21 heavy (non-hydrogen) atoms. The molecule has 0 aliphatic carbocycles. The summed E-state index contributed by atoms with van der Waals surface area (Å²) in [5.41, 5.74) is 3.86. The highest BCUT2D eigenvalue weighted by atomic mass is 14.9. The summed E-state index contributed by atoms with van der Waals surface area (Å²) >= 11 is 0. The van der Waals surface area contributed by atoms with Crippen LogP contribution in [-0.2, 0) is 0 Å². The van der Waals surface area contributed by atoms with Gasteiger partial charge in [0.15, 0.2) is 0 Å². The van der Waals surface area contributed by atoms with E-state index in [1.54, 1.807) is 6.20 Å². The fourth-order valence-corrected chi connectivity index (χ4v) is 2.87. The molecule has 0 spiro atoms.